The van der Waals surface area contributed by atoms with Crippen molar-refractivity contribution < 1.29 is 19.0 Å². The van der Waals surface area contributed by atoms with Gasteiger partial charge in [0, 0.05) is 6.61 Å². The van der Waals surface area contributed by atoms with Gasteiger partial charge in [-0.1, -0.05) is 45.8 Å². The third-order valence-corrected chi connectivity index (χ3v) is 9.53. The summed E-state index contributed by atoms with van der Waals surface area (Å²) in [4.78, 5) is 0. The molecule has 0 radical (unpaired) electrons. The Balaban J connectivity index is 2.11. The van der Waals surface area contributed by atoms with E-state index in [9.17, 15) is 5.11 Å². The first kappa shape index (κ1) is 21.8. The smallest absolute Gasteiger partial charge is 0.191 e. The van der Waals surface area contributed by atoms with Gasteiger partial charge in [-0.05, 0) is 44.8 Å². The Morgan fingerprint density at radius 2 is 1.92 bits per heavy atom. The van der Waals surface area contributed by atoms with Crippen LogP contribution in [0, 0.1) is 0 Å². The third-order valence-electron chi connectivity index (χ3n) is 4.99. The van der Waals surface area contributed by atoms with E-state index in [4.69, 9.17) is 13.9 Å². The molecular weight excluding hydrogens is 320 g/mol. The summed E-state index contributed by atoms with van der Waals surface area (Å²) < 4.78 is 17.3. The summed E-state index contributed by atoms with van der Waals surface area (Å²) in [5.41, 5.74) is 0. The number of hydrogen-bond acceptors (Lipinski definition) is 4. The molecule has 1 unspecified atom stereocenters. The molecule has 24 heavy (non-hydrogen) atoms. The second kappa shape index (κ2) is 8.95. The number of ether oxygens (including phenoxy) is 2. The molecule has 0 aromatic heterocycles. The molecule has 1 heterocycles. The highest BCUT2D eigenvalue weighted by Gasteiger charge is 2.36. The van der Waals surface area contributed by atoms with Gasteiger partial charge >= 0.3 is 0 Å². The van der Waals surface area contributed by atoms with Crippen molar-refractivity contribution in [2.24, 2.45) is 0 Å². The second-order valence-electron chi connectivity index (χ2n) is 8.78. The SMILES string of the molecule is CC1(C)OC[C@H](/C=C/C(O)CCCCCO[Si](C)(C)C(C)(C)C)O1. The molecule has 0 saturated carbocycles. The lowest BCUT2D eigenvalue weighted by Gasteiger charge is -2.36. The van der Waals surface area contributed by atoms with E-state index in [1.807, 2.05) is 26.0 Å². The average molecular weight is 359 g/mol. The first-order valence-electron chi connectivity index (χ1n) is 9.25. The van der Waals surface area contributed by atoms with Gasteiger partial charge in [0.2, 0.25) is 0 Å². The van der Waals surface area contributed by atoms with Crippen LogP contribution in [0.3, 0.4) is 0 Å². The molecule has 1 fully saturated rings. The maximum atomic E-state index is 10.0. The van der Waals surface area contributed by atoms with Crippen molar-refractivity contribution in [3.8, 4) is 0 Å². The van der Waals surface area contributed by atoms with Crippen LogP contribution in [0.1, 0.15) is 60.3 Å². The second-order valence-corrected chi connectivity index (χ2v) is 13.6. The van der Waals surface area contributed by atoms with Crippen molar-refractivity contribution in [2.75, 3.05) is 13.2 Å². The van der Waals surface area contributed by atoms with Crippen LogP contribution in [-0.4, -0.2) is 44.6 Å². The molecule has 1 rings (SSSR count). The fourth-order valence-electron chi connectivity index (χ4n) is 2.33. The lowest BCUT2D eigenvalue weighted by molar-refractivity contribution is -0.133. The summed E-state index contributed by atoms with van der Waals surface area (Å²) in [5, 5.41) is 10.3. The van der Waals surface area contributed by atoms with Crippen LogP contribution in [0.4, 0.5) is 0 Å². The molecular formula is C19H38O4Si. The molecule has 1 N–H and O–H groups in total. The molecule has 0 spiro atoms. The Kier molecular flexibility index (Phi) is 8.14. The van der Waals surface area contributed by atoms with Gasteiger partial charge < -0.3 is 19.0 Å². The van der Waals surface area contributed by atoms with E-state index >= 15 is 0 Å². The summed E-state index contributed by atoms with van der Waals surface area (Å²) in [5.74, 6) is -0.510. The van der Waals surface area contributed by atoms with Crippen LogP contribution in [0.5, 0.6) is 0 Å². The first-order valence-corrected chi connectivity index (χ1v) is 12.2. The van der Waals surface area contributed by atoms with Gasteiger partial charge in [-0.25, -0.2) is 0 Å². The molecule has 1 aliphatic rings. The zero-order chi connectivity index (χ0) is 18.4. The quantitative estimate of drug-likeness (QED) is 0.371. The van der Waals surface area contributed by atoms with Gasteiger partial charge in [0.1, 0.15) is 6.10 Å². The zero-order valence-corrected chi connectivity index (χ0v) is 17.7. The molecule has 4 nitrogen and oxygen atoms in total. The van der Waals surface area contributed by atoms with E-state index in [0.29, 0.717) is 6.61 Å². The molecule has 1 saturated heterocycles. The minimum atomic E-state index is -1.61. The summed E-state index contributed by atoms with van der Waals surface area (Å²) in [6.45, 7) is 16.6. The Morgan fingerprint density at radius 3 is 2.46 bits per heavy atom. The van der Waals surface area contributed by atoms with Gasteiger partial charge in [-0.3, -0.25) is 0 Å². The first-order chi connectivity index (χ1) is 10.9. The predicted octanol–water partition coefficient (Wildman–Crippen LogP) is 4.64. The molecule has 0 aliphatic carbocycles. The van der Waals surface area contributed by atoms with Crippen LogP contribution < -0.4 is 0 Å². The van der Waals surface area contributed by atoms with Gasteiger partial charge in [-0.2, -0.15) is 0 Å². The van der Waals surface area contributed by atoms with E-state index in [-0.39, 0.29) is 11.1 Å². The highest BCUT2D eigenvalue weighted by Crippen LogP contribution is 2.36. The minimum absolute atomic E-state index is 0.0485. The average Bonchev–Trinajstić information content (AvgIpc) is 2.78. The molecule has 0 bridgehead atoms. The lowest BCUT2D eigenvalue weighted by Crippen LogP contribution is -2.40. The number of aliphatic hydroxyl groups is 1. The lowest BCUT2D eigenvalue weighted by atomic mass is 10.1. The Labute approximate surface area is 149 Å². The summed E-state index contributed by atoms with van der Waals surface area (Å²) in [7, 11) is -1.61. The van der Waals surface area contributed by atoms with Gasteiger partial charge in [0.15, 0.2) is 14.1 Å². The van der Waals surface area contributed by atoms with Gasteiger partial charge in [0.05, 0.1) is 12.7 Å². The monoisotopic (exact) mass is 358 g/mol. The molecule has 142 valence electrons. The Hall–Kier alpha value is -0.203. The fraction of sp³-hybridized carbons (Fsp3) is 0.895. The molecule has 0 aromatic carbocycles. The zero-order valence-electron chi connectivity index (χ0n) is 16.7. The molecule has 1 aliphatic heterocycles. The third kappa shape index (κ3) is 7.79. The largest absolute Gasteiger partial charge is 0.417 e. The maximum absolute atomic E-state index is 10.0. The maximum Gasteiger partial charge on any atom is 0.191 e. The van der Waals surface area contributed by atoms with Crippen molar-refractivity contribution in [1.82, 2.24) is 0 Å². The molecule has 0 amide bonds. The number of aliphatic hydroxyl groups excluding tert-OH is 1. The van der Waals surface area contributed by atoms with E-state index in [0.717, 1.165) is 32.3 Å². The van der Waals surface area contributed by atoms with E-state index in [1.165, 1.54) is 0 Å². The van der Waals surface area contributed by atoms with Crippen molar-refractivity contribution in [1.29, 1.82) is 0 Å². The van der Waals surface area contributed by atoms with Crippen molar-refractivity contribution >= 4 is 8.32 Å². The number of hydrogen-bond donors (Lipinski definition) is 1. The van der Waals surface area contributed by atoms with Gasteiger partial charge in [0.25, 0.3) is 0 Å². The molecule has 5 heteroatoms. The van der Waals surface area contributed by atoms with E-state index in [1.54, 1.807) is 0 Å². The normalized spacial score (nSPS) is 23.1. The summed E-state index contributed by atoms with van der Waals surface area (Å²) in [6.07, 6.45) is 7.26. The van der Waals surface area contributed by atoms with Crippen molar-refractivity contribution in [2.45, 2.75) is 96.4 Å². The summed E-state index contributed by atoms with van der Waals surface area (Å²) in [6, 6.07) is 0. The Morgan fingerprint density at radius 1 is 1.25 bits per heavy atom. The van der Waals surface area contributed by atoms with Gasteiger partial charge in [-0.15, -0.1) is 0 Å². The van der Waals surface area contributed by atoms with Crippen molar-refractivity contribution in [3.63, 3.8) is 0 Å². The van der Waals surface area contributed by atoms with Crippen LogP contribution >= 0.6 is 0 Å². The number of rotatable bonds is 9. The van der Waals surface area contributed by atoms with Crippen LogP contribution in [0.2, 0.25) is 18.1 Å². The number of unbranched alkanes of at least 4 members (excludes halogenated alkanes) is 2. The standard InChI is InChI=1S/C19H38O4Si/c1-18(2,3)24(6,7)22-14-10-8-9-11-16(20)12-13-17-15-21-19(4,5)23-17/h12-13,16-17,20H,8-11,14-15H2,1-7H3/b13-12+/t16?,17-/m0/s1. The highest BCUT2D eigenvalue weighted by molar-refractivity contribution is 6.74. The highest BCUT2D eigenvalue weighted by atomic mass is 28.4. The van der Waals surface area contributed by atoms with E-state index < -0.39 is 20.2 Å². The fourth-order valence-corrected chi connectivity index (χ4v) is 3.42. The van der Waals surface area contributed by atoms with Crippen molar-refractivity contribution in [3.05, 3.63) is 12.2 Å². The molecule has 0 aromatic rings. The van der Waals surface area contributed by atoms with Crippen LogP contribution in [-0.2, 0) is 13.9 Å². The molecule has 2 atom stereocenters. The predicted molar refractivity (Wildman–Crippen MR) is 102 cm³/mol. The summed E-state index contributed by atoms with van der Waals surface area (Å²) >= 11 is 0. The Bertz CT molecular complexity index is 399. The minimum Gasteiger partial charge on any atom is -0.417 e. The van der Waals surface area contributed by atoms with Crippen LogP contribution in [0.25, 0.3) is 0 Å². The van der Waals surface area contributed by atoms with Crippen LogP contribution in [0.15, 0.2) is 12.2 Å². The van der Waals surface area contributed by atoms with E-state index in [2.05, 4.69) is 33.9 Å². The topological polar surface area (TPSA) is 47.9 Å².